The van der Waals surface area contributed by atoms with Gasteiger partial charge in [0, 0.05) is 11.6 Å². The first kappa shape index (κ1) is 23.3. The van der Waals surface area contributed by atoms with Crippen LogP contribution in [0, 0.1) is 0 Å². The van der Waals surface area contributed by atoms with E-state index in [2.05, 4.69) is 10.0 Å². The fourth-order valence-electron chi connectivity index (χ4n) is 3.28. The number of anilines is 1. The van der Waals surface area contributed by atoms with Crippen molar-refractivity contribution in [3.05, 3.63) is 90.0 Å². The summed E-state index contributed by atoms with van der Waals surface area (Å²) < 4.78 is 38.7. The lowest BCUT2D eigenvalue weighted by Gasteiger charge is -2.18. The molecule has 0 unspecified atom stereocenters. The van der Waals surface area contributed by atoms with E-state index in [1.165, 1.54) is 31.4 Å². The topological polar surface area (TPSA) is 111 Å². The summed E-state index contributed by atoms with van der Waals surface area (Å²) >= 11 is 0. The first-order valence-electron chi connectivity index (χ1n) is 10.7. The second kappa shape index (κ2) is 9.96. The van der Waals surface area contributed by atoms with E-state index in [4.69, 9.17) is 9.47 Å². The number of sulfonamides is 1. The monoisotopic (exact) mass is 480 g/mol. The Morgan fingerprint density at radius 3 is 2.21 bits per heavy atom. The highest BCUT2D eigenvalue weighted by molar-refractivity contribution is 7.92. The lowest BCUT2D eigenvalue weighted by Crippen LogP contribution is -2.33. The number of rotatable bonds is 9. The lowest BCUT2D eigenvalue weighted by atomic mass is 10.1. The SMILES string of the molecule is COc1ccccc1NS(=O)(=O)c1ccc(C(=O)O[C@H](C(=O)NC2CC2)c2ccccc2)cc1. The zero-order valence-corrected chi connectivity index (χ0v) is 19.2. The van der Waals surface area contributed by atoms with Crippen LogP contribution in [-0.2, 0) is 19.6 Å². The molecule has 0 aliphatic heterocycles. The molecule has 8 nitrogen and oxygen atoms in total. The summed E-state index contributed by atoms with van der Waals surface area (Å²) in [5.41, 5.74) is 0.964. The molecular formula is C25H24N2O6S. The van der Waals surface area contributed by atoms with Crippen LogP contribution in [0.15, 0.2) is 83.8 Å². The number of nitrogens with one attached hydrogen (secondary N) is 2. The number of esters is 1. The Morgan fingerprint density at radius 2 is 1.56 bits per heavy atom. The van der Waals surface area contributed by atoms with Crippen LogP contribution in [0.1, 0.15) is 34.9 Å². The molecule has 2 N–H and O–H groups in total. The van der Waals surface area contributed by atoms with Gasteiger partial charge >= 0.3 is 5.97 Å². The van der Waals surface area contributed by atoms with Gasteiger partial charge in [0.1, 0.15) is 5.75 Å². The molecule has 1 amide bonds. The Morgan fingerprint density at radius 1 is 0.912 bits per heavy atom. The van der Waals surface area contributed by atoms with Gasteiger partial charge in [0.25, 0.3) is 15.9 Å². The summed E-state index contributed by atoms with van der Waals surface area (Å²) in [6.07, 6.45) is 0.699. The van der Waals surface area contributed by atoms with Crippen molar-refractivity contribution >= 4 is 27.6 Å². The molecule has 3 aromatic carbocycles. The molecule has 34 heavy (non-hydrogen) atoms. The molecule has 176 valence electrons. The molecule has 1 atom stereocenters. The summed E-state index contributed by atoms with van der Waals surface area (Å²) in [5.74, 6) is -0.744. The van der Waals surface area contributed by atoms with Crippen molar-refractivity contribution < 1.29 is 27.5 Å². The van der Waals surface area contributed by atoms with Gasteiger partial charge in [-0.05, 0) is 49.2 Å². The minimum Gasteiger partial charge on any atom is -0.495 e. The third-order valence-electron chi connectivity index (χ3n) is 5.24. The Balaban J connectivity index is 1.49. The standard InChI is InChI=1S/C25H24N2O6S/c1-32-22-10-6-5-9-21(22)27-34(30,31)20-15-11-18(12-16-20)25(29)33-23(17-7-3-2-4-8-17)24(28)26-19-13-14-19/h2-12,15-16,19,23,27H,13-14H2,1H3,(H,26,28)/t23-/m0/s1. The third kappa shape index (κ3) is 5.55. The zero-order chi connectivity index (χ0) is 24.1. The van der Waals surface area contributed by atoms with Crippen LogP contribution in [0.3, 0.4) is 0 Å². The molecule has 1 saturated carbocycles. The third-order valence-corrected chi connectivity index (χ3v) is 6.62. The smallest absolute Gasteiger partial charge is 0.339 e. The number of methoxy groups -OCH3 is 1. The molecule has 0 aromatic heterocycles. The van der Waals surface area contributed by atoms with Gasteiger partial charge in [0.05, 0.1) is 23.3 Å². The number of carbonyl (C=O) groups excluding carboxylic acids is 2. The summed E-state index contributed by atoms with van der Waals surface area (Å²) in [5, 5.41) is 2.86. The summed E-state index contributed by atoms with van der Waals surface area (Å²) in [6.45, 7) is 0. The molecule has 0 saturated heterocycles. The number of ether oxygens (including phenoxy) is 2. The molecule has 0 radical (unpaired) electrons. The van der Waals surface area contributed by atoms with E-state index in [0.717, 1.165) is 12.8 Å². The van der Waals surface area contributed by atoms with Crippen molar-refractivity contribution in [3.8, 4) is 5.75 Å². The van der Waals surface area contributed by atoms with E-state index in [-0.39, 0.29) is 22.4 Å². The van der Waals surface area contributed by atoms with Gasteiger partial charge in [0.15, 0.2) is 0 Å². The van der Waals surface area contributed by atoms with Gasteiger partial charge in [0.2, 0.25) is 6.10 Å². The van der Waals surface area contributed by atoms with Crippen LogP contribution < -0.4 is 14.8 Å². The predicted molar refractivity (Wildman–Crippen MR) is 126 cm³/mol. The molecule has 4 rings (SSSR count). The number of para-hydroxylation sites is 2. The molecule has 0 spiro atoms. The van der Waals surface area contributed by atoms with Gasteiger partial charge in [-0.1, -0.05) is 42.5 Å². The van der Waals surface area contributed by atoms with Crippen molar-refractivity contribution in [1.82, 2.24) is 5.32 Å². The van der Waals surface area contributed by atoms with E-state index in [0.29, 0.717) is 17.0 Å². The molecule has 1 aliphatic rings. The Hall–Kier alpha value is -3.85. The Kier molecular flexibility index (Phi) is 6.83. The summed E-state index contributed by atoms with van der Waals surface area (Å²) in [6, 6.07) is 20.8. The molecule has 0 heterocycles. The highest BCUT2D eigenvalue weighted by Crippen LogP contribution is 2.27. The van der Waals surface area contributed by atoms with Gasteiger partial charge in [-0.15, -0.1) is 0 Å². The minimum absolute atomic E-state index is 0.0407. The highest BCUT2D eigenvalue weighted by Gasteiger charge is 2.31. The van der Waals surface area contributed by atoms with Crippen molar-refractivity contribution in [2.75, 3.05) is 11.8 Å². The van der Waals surface area contributed by atoms with E-state index < -0.39 is 22.1 Å². The second-order valence-corrected chi connectivity index (χ2v) is 9.49. The number of amides is 1. The van der Waals surface area contributed by atoms with Gasteiger partial charge in [-0.2, -0.15) is 0 Å². The van der Waals surface area contributed by atoms with Crippen LogP contribution in [0.5, 0.6) is 5.75 Å². The molecule has 3 aromatic rings. The predicted octanol–water partition coefficient (Wildman–Crippen LogP) is 3.67. The largest absolute Gasteiger partial charge is 0.495 e. The van der Waals surface area contributed by atoms with Crippen molar-refractivity contribution in [1.29, 1.82) is 0 Å². The highest BCUT2D eigenvalue weighted by atomic mass is 32.2. The van der Waals surface area contributed by atoms with E-state index >= 15 is 0 Å². The molecule has 9 heteroatoms. The van der Waals surface area contributed by atoms with Crippen molar-refractivity contribution in [2.45, 2.75) is 29.9 Å². The lowest BCUT2D eigenvalue weighted by molar-refractivity contribution is -0.130. The van der Waals surface area contributed by atoms with Crippen molar-refractivity contribution in [2.24, 2.45) is 0 Å². The molecule has 1 aliphatic carbocycles. The van der Waals surface area contributed by atoms with Gasteiger partial charge < -0.3 is 14.8 Å². The number of benzene rings is 3. The van der Waals surface area contributed by atoms with Gasteiger partial charge in [-0.3, -0.25) is 9.52 Å². The maximum Gasteiger partial charge on any atom is 0.339 e. The Labute approximate surface area is 198 Å². The number of hydrogen-bond acceptors (Lipinski definition) is 6. The average molecular weight is 481 g/mol. The van der Waals surface area contributed by atoms with Crippen LogP contribution in [0.25, 0.3) is 0 Å². The minimum atomic E-state index is -3.92. The van der Waals surface area contributed by atoms with Crippen LogP contribution in [0.4, 0.5) is 5.69 Å². The number of hydrogen-bond donors (Lipinski definition) is 2. The summed E-state index contributed by atoms with van der Waals surface area (Å²) in [7, 11) is -2.48. The zero-order valence-electron chi connectivity index (χ0n) is 18.4. The first-order valence-corrected chi connectivity index (χ1v) is 12.2. The van der Waals surface area contributed by atoms with Crippen molar-refractivity contribution in [3.63, 3.8) is 0 Å². The second-order valence-electron chi connectivity index (χ2n) is 7.81. The number of carbonyl (C=O) groups is 2. The maximum atomic E-state index is 12.8. The molecular weight excluding hydrogens is 456 g/mol. The van der Waals surface area contributed by atoms with Crippen LogP contribution >= 0.6 is 0 Å². The Bertz CT molecular complexity index is 1270. The maximum absolute atomic E-state index is 12.8. The molecule has 0 bridgehead atoms. The van der Waals surface area contributed by atoms with E-state index in [9.17, 15) is 18.0 Å². The average Bonchev–Trinajstić information content (AvgIpc) is 3.67. The fraction of sp³-hybridized carbons (Fsp3) is 0.200. The fourth-order valence-corrected chi connectivity index (χ4v) is 4.35. The van der Waals surface area contributed by atoms with E-state index in [1.54, 1.807) is 54.6 Å². The quantitative estimate of drug-likeness (QED) is 0.452. The van der Waals surface area contributed by atoms with Crippen LogP contribution in [0.2, 0.25) is 0 Å². The summed E-state index contributed by atoms with van der Waals surface area (Å²) in [4.78, 5) is 25.4. The van der Waals surface area contributed by atoms with Gasteiger partial charge in [-0.25, -0.2) is 13.2 Å². The van der Waals surface area contributed by atoms with Crippen LogP contribution in [-0.4, -0.2) is 33.4 Å². The molecule has 1 fully saturated rings. The van der Waals surface area contributed by atoms with E-state index in [1.807, 2.05) is 0 Å². The first-order chi connectivity index (χ1) is 16.4. The normalized spacial score (nSPS) is 14.0.